The van der Waals surface area contributed by atoms with E-state index in [1.54, 1.807) is 0 Å². The molecule has 2 heterocycles. The number of rotatable bonds is 3. The van der Waals surface area contributed by atoms with Gasteiger partial charge in [-0.2, -0.15) is 0 Å². The van der Waals surface area contributed by atoms with Gasteiger partial charge < -0.3 is 10.0 Å². The van der Waals surface area contributed by atoms with Crippen LogP contribution in [0.4, 0.5) is 5.69 Å². The molecule has 3 nitrogen and oxygen atoms in total. The molecular weight excluding hydrogens is 270 g/mol. The predicted molar refractivity (Wildman–Crippen MR) is 81.7 cm³/mol. The summed E-state index contributed by atoms with van der Waals surface area (Å²) >= 11 is 1.30. The lowest BCUT2D eigenvalue weighted by Gasteiger charge is -2.37. The predicted octanol–water partition coefficient (Wildman–Crippen LogP) is 3.79. The molecule has 0 fully saturated rings. The molecule has 1 aliphatic heterocycles. The lowest BCUT2D eigenvalue weighted by atomic mass is 9.96. The highest BCUT2D eigenvalue weighted by Crippen LogP contribution is 2.32. The van der Waals surface area contributed by atoms with E-state index in [0.717, 1.165) is 18.4 Å². The van der Waals surface area contributed by atoms with Crippen LogP contribution in [0.15, 0.2) is 35.7 Å². The summed E-state index contributed by atoms with van der Waals surface area (Å²) in [6.07, 6.45) is 2.22. The molecule has 2 aromatic rings. The van der Waals surface area contributed by atoms with E-state index >= 15 is 0 Å². The molecule has 3 rings (SSSR count). The van der Waals surface area contributed by atoms with E-state index in [9.17, 15) is 9.90 Å². The Morgan fingerprint density at radius 2 is 2.20 bits per heavy atom. The largest absolute Gasteiger partial charge is 0.477 e. The molecule has 0 saturated heterocycles. The van der Waals surface area contributed by atoms with Gasteiger partial charge in [0.15, 0.2) is 0 Å². The molecule has 20 heavy (non-hydrogen) atoms. The third-order valence-electron chi connectivity index (χ3n) is 3.95. The summed E-state index contributed by atoms with van der Waals surface area (Å²) in [6.45, 7) is 2.88. The van der Waals surface area contributed by atoms with Gasteiger partial charge >= 0.3 is 5.97 Å². The third-order valence-corrected chi connectivity index (χ3v) is 4.89. The van der Waals surface area contributed by atoms with E-state index in [4.69, 9.17) is 0 Å². The number of hydrogen-bond donors (Lipinski definition) is 1. The highest BCUT2D eigenvalue weighted by Gasteiger charge is 2.24. The molecule has 1 aromatic heterocycles. The number of nitrogens with zero attached hydrogens (tertiary/aromatic N) is 1. The number of fused-ring (bicyclic) bond motifs is 1. The summed E-state index contributed by atoms with van der Waals surface area (Å²) in [5, 5.41) is 11.1. The number of carboxylic acid groups (broad SMARTS) is 1. The zero-order valence-corrected chi connectivity index (χ0v) is 12.2. The molecular formula is C16H17NO2S. The second-order valence-electron chi connectivity index (χ2n) is 5.22. The van der Waals surface area contributed by atoms with Crippen molar-refractivity contribution in [1.82, 2.24) is 0 Å². The number of anilines is 1. The average molecular weight is 287 g/mol. The van der Waals surface area contributed by atoms with E-state index in [0.29, 0.717) is 17.5 Å². The first kappa shape index (κ1) is 13.2. The highest BCUT2D eigenvalue weighted by atomic mass is 32.1. The maximum atomic E-state index is 11.2. The summed E-state index contributed by atoms with van der Waals surface area (Å²) in [6, 6.07) is 10.8. The highest BCUT2D eigenvalue weighted by molar-refractivity contribution is 7.12. The van der Waals surface area contributed by atoms with Crippen molar-refractivity contribution in [2.45, 2.75) is 32.4 Å². The number of aromatic carboxylic acids is 1. The smallest absolute Gasteiger partial charge is 0.346 e. The minimum atomic E-state index is -0.826. The fraction of sp³-hybridized carbons (Fsp3) is 0.312. The van der Waals surface area contributed by atoms with Crippen molar-refractivity contribution in [3.05, 3.63) is 51.7 Å². The van der Waals surface area contributed by atoms with Crippen LogP contribution in [0.2, 0.25) is 0 Å². The first-order valence-electron chi connectivity index (χ1n) is 6.81. The molecule has 104 valence electrons. The topological polar surface area (TPSA) is 40.5 Å². The first-order valence-corrected chi connectivity index (χ1v) is 7.69. The van der Waals surface area contributed by atoms with Gasteiger partial charge in [0.25, 0.3) is 0 Å². The Morgan fingerprint density at radius 1 is 1.40 bits per heavy atom. The molecule has 1 aromatic carbocycles. The molecule has 1 N–H and O–H groups in total. The van der Waals surface area contributed by atoms with E-state index < -0.39 is 5.97 Å². The number of thiophene rings is 1. The lowest BCUT2D eigenvalue weighted by molar-refractivity contribution is 0.0701. The molecule has 0 radical (unpaired) electrons. The fourth-order valence-corrected chi connectivity index (χ4v) is 3.59. The first-order chi connectivity index (χ1) is 9.66. The van der Waals surface area contributed by atoms with Crippen molar-refractivity contribution >= 4 is 23.0 Å². The average Bonchev–Trinajstić information content (AvgIpc) is 2.90. The van der Waals surface area contributed by atoms with Crippen molar-refractivity contribution in [3.63, 3.8) is 0 Å². The number of hydrogen-bond acceptors (Lipinski definition) is 3. The SMILES string of the molecule is CC1CCc2ccccc2N1Cc1ccsc1C(=O)O. The summed E-state index contributed by atoms with van der Waals surface area (Å²) in [4.78, 5) is 14.0. The number of aryl methyl sites for hydroxylation is 1. The Kier molecular flexibility index (Phi) is 3.49. The number of benzene rings is 1. The monoisotopic (exact) mass is 287 g/mol. The molecule has 1 atom stereocenters. The van der Waals surface area contributed by atoms with Crippen LogP contribution in [-0.4, -0.2) is 17.1 Å². The quantitative estimate of drug-likeness (QED) is 0.933. The van der Waals surface area contributed by atoms with Crippen molar-refractivity contribution in [2.75, 3.05) is 4.90 Å². The second-order valence-corrected chi connectivity index (χ2v) is 6.14. The summed E-state index contributed by atoms with van der Waals surface area (Å²) in [7, 11) is 0. The third kappa shape index (κ3) is 2.31. The van der Waals surface area contributed by atoms with Crippen LogP contribution < -0.4 is 4.90 Å². The summed E-state index contributed by atoms with van der Waals surface area (Å²) < 4.78 is 0. The zero-order chi connectivity index (χ0) is 14.1. The molecule has 0 bridgehead atoms. The Balaban J connectivity index is 1.94. The van der Waals surface area contributed by atoms with Gasteiger partial charge in [-0.1, -0.05) is 18.2 Å². The van der Waals surface area contributed by atoms with Crippen molar-refractivity contribution < 1.29 is 9.90 Å². The van der Waals surface area contributed by atoms with Crippen LogP contribution in [0.25, 0.3) is 0 Å². The van der Waals surface area contributed by atoms with Crippen LogP contribution in [0, 0.1) is 0 Å². The van der Waals surface area contributed by atoms with Crippen LogP contribution in [0.3, 0.4) is 0 Å². The lowest BCUT2D eigenvalue weighted by Crippen LogP contribution is -2.36. The van der Waals surface area contributed by atoms with E-state index in [-0.39, 0.29) is 0 Å². The fourth-order valence-electron chi connectivity index (χ4n) is 2.83. The van der Waals surface area contributed by atoms with Gasteiger partial charge in [-0.05, 0) is 48.4 Å². The molecule has 1 unspecified atom stereocenters. The Morgan fingerprint density at radius 3 is 3.00 bits per heavy atom. The van der Waals surface area contributed by atoms with Crippen LogP contribution >= 0.6 is 11.3 Å². The van der Waals surface area contributed by atoms with Crippen LogP contribution in [0.5, 0.6) is 0 Å². The number of para-hydroxylation sites is 1. The normalized spacial score (nSPS) is 17.9. The maximum Gasteiger partial charge on any atom is 0.346 e. The zero-order valence-electron chi connectivity index (χ0n) is 11.4. The maximum absolute atomic E-state index is 11.2. The minimum Gasteiger partial charge on any atom is -0.477 e. The van der Waals surface area contributed by atoms with Gasteiger partial charge in [-0.25, -0.2) is 4.79 Å². The van der Waals surface area contributed by atoms with Gasteiger partial charge in [0, 0.05) is 18.3 Å². The van der Waals surface area contributed by atoms with Gasteiger partial charge in [0.2, 0.25) is 0 Å². The second kappa shape index (κ2) is 5.29. The Bertz CT molecular complexity index is 635. The molecule has 0 aliphatic carbocycles. The minimum absolute atomic E-state index is 0.437. The summed E-state index contributed by atoms with van der Waals surface area (Å²) in [5.41, 5.74) is 3.51. The molecule has 0 saturated carbocycles. The van der Waals surface area contributed by atoms with E-state index in [2.05, 4.69) is 36.1 Å². The Labute approximate surface area is 122 Å². The van der Waals surface area contributed by atoms with Gasteiger partial charge in [-0.3, -0.25) is 0 Å². The van der Waals surface area contributed by atoms with Crippen molar-refractivity contribution in [2.24, 2.45) is 0 Å². The van der Waals surface area contributed by atoms with E-state index in [1.165, 1.54) is 22.6 Å². The molecule has 0 amide bonds. The summed E-state index contributed by atoms with van der Waals surface area (Å²) in [5.74, 6) is -0.826. The van der Waals surface area contributed by atoms with Crippen molar-refractivity contribution in [1.29, 1.82) is 0 Å². The molecule has 0 spiro atoms. The van der Waals surface area contributed by atoms with Gasteiger partial charge in [0.05, 0.1) is 0 Å². The Hall–Kier alpha value is -1.81. The standard InChI is InChI=1S/C16H17NO2S/c1-11-6-7-12-4-2-3-5-14(12)17(11)10-13-8-9-20-15(13)16(18)19/h2-5,8-9,11H,6-7,10H2,1H3,(H,18,19). The number of carbonyl (C=O) groups is 1. The van der Waals surface area contributed by atoms with Gasteiger partial charge in [0.1, 0.15) is 4.88 Å². The molecule has 4 heteroatoms. The molecule has 1 aliphatic rings. The number of carboxylic acids is 1. The van der Waals surface area contributed by atoms with Crippen LogP contribution in [-0.2, 0) is 13.0 Å². The van der Waals surface area contributed by atoms with Crippen molar-refractivity contribution in [3.8, 4) is 0 Å². The van der Waals surface area contributed by atoms with Crippen LogP contribution in [0.1, 0.15) is 34.1 Å². The van der Waals surface area contributed by atoms with Gasteiger partial charge in [-0.15, -0.1) is 11.3 Å². The van der Waals surface area contributed by atoms with E-state index in [1.807, 2.05) is 11.4 Å².